The molecule has 0 aromatic carbocycles. The van der Waals surface area contributed by atoms with E-state index in [0.29, 0.717) is 13.0 Å². The van der Waals surface area contributed by atoms with Gasteiger partial charge in [0.2, 0.25) is 0 Å². The minimum Gasteiger partial charge on any atom is -0.323 e. The van der Waals surface area contributed by atoms with E-state index in [4.69, 9.17) is 14.3 Å². The predicted octanol–water partition coefficient (Wildman–Crippen LogP) is -0.232. The van der Waals surface area contributed by atoms with Crippen molar-refractivity contribution in [1.29, 1.82) is 0 Å². The number of piperidine rings is 1. The van der Waals surface area contributed by atoms with Crippen LogP contribution in [0.4, 0.5) is 0 Å². The summed E-state index contributed by atoms with van der Waals surface area (Å²) in [6.45, 7) is 1.34. The molecule has 2 atom stereocenters. The fourth-order valence-corrected chi connectivity index (χ4v) is 4.32. The minimum atomic E-state index is -4.83. The van der Waals surface area contributed by atoms with E-state index in [1.54, 1.807) is 0 Å². The standard InChI is InChI=1S/C7H16NO6PS/c9-15(10,11)7(16(12,13)14)4-6-2-1-3-8-5-6/h6-8H,1-5H2,(H2,9,10,11)(H,12,13,14). The summed E-state index contributed by atoms with van der Waals surface area (Å²) < 4.78 is 41.6. The van der Waals surface area contributed by atoms with Crippen LogP contribution in [-0.2, 0) is 14.7 Å². The highest BCUT2D eigenvalue weighted by atomic mass is 32.2. The van der Waals surface area contributed by atoms with Crippen LogP contribution in [0.3, 0.4) is 0 Å². The molecule has 1 aliphatic rings. The lowest BCUT2D eigenvalue weighted by molar-refractivity contribution is 0.326. The van der Waals surface area contributed by atoms with Crippen molar-refractivity contribution in [1.82, 2.24) is 5.32 Å². The molecular formula is C7H16NO6PS. The molecule has 1 saturated heterocycles. The summed E-state index contributed by atoms with van der Waals surface area (Å²) >= 11 is 0. The molecule has 2 unspecified atom stereocenters. The largest absolute Gasteiger partial charge is 0.346 e. The zero-order valence-corrected chi connectivity index (χ0v) is 10.3. The average molecular weight is 273 g/mol. The van der Waals surface area contributed by atoms with E-state index in [0.717, 1.165) is 13.0 Å². The molecule has 0 amide bonds. The summed E-state index contributed by atoms with van der Waals surface area (Å²) in [5.41, 5.74) is 0. The number of hydrogen-bond donors (Lipinski definition) is 4. The van der Waals surface area contributed by atoms with E-state index >= 15 is 0 Å². The van der Waals surface area contributed by atoms with Gasteiger partial charge < -0.3 is 15.1 Å². The summed E-state index contributed by atoms with van der Waals surface area (Å²) in [6, 6.07) is 0. The van der Waals surface area contributed by atoms with Gasteiger partial charge in [0.05, 0.1) is 0 Å². The van der Waals surface area contributed by atoms with Gasteiger partial charge in [0.1, 0.15) is 0 Å². The van der Waals surface area contributed by atoms with Crippen LogP contribution in [0.25, 0.3) is 0 Å². The normalized spacial score (nSPS) is 25.3. The highest BCUT2D eigenvalue weighted by Gasteiger charge is 2.41. The third-order valence-electron chi connectivity index (χ3n) is 2.65. The van der Waals surface area contributed by atoms with Crippen molar-refractivity contribution in [2.24, 2.45) is 5.92 Å². The SMILES string of the molecule is O=P(O)(O)C(CC1CCCNC1)S(=O)(=O)O. The molecule has 0 bridgehead atoms. The second kappa shape index (κ2) is 5.12. The molecule has 0 aliphatic carbocycles. The monoisotopic (exact) mass is 273 g/mol. The molecule has 1 heterocycles. The Morgan fingerprint density at radius 1 is 1.44 bits per heavy atom. The van der Waals surface area contributed by atoms with Crippen molar-refractivity contribution in [3.63, 3.8) is 0 Å². The minimum absolute atomic E-state index is 0.131. The molecule has 1 fully saturated rings. The van der Waals surface area contributed by atoms with Gasteiger partial charge in [0.15, 0.2) is 4.99 Å². The molecule has 0 radical (unpaired) electrons. The Morgan fingerprint density at radius 3 is 2.44 bits per heavy atom. The van der Waals surface area contributed by atoms with Crippen molar-refractivity contribution in [3.05, 3.63) is 0 Å². The van der Waals surface area contributed by atoms with Gasteiger partial charge in [-0.25, -0.2) is 0 Å². The maximum absolute atomic E-state index is 11.0. The summed E-state index contributed by atoms with van der Waals surface area (Å²) in [7, 11) is -9.54. The van der Waals surface area contributed by atoms with Gasteiger partial charge in [-0.1, -0.05) is 0 Å². The molecule has 0 spiro atoms. The van der Waals surface area contributed by atoms with E-state index in [1.807, 2.05) is 0 Å². The number of rotatable bonds is 4. The van der Waals surface area contributed by atoms with Crippen LogP contribution in [0.1, 0.15) is 19.3 Å². The molecule has 16 heavy (non-hydrogen) atoms. The highest BCUT2D eigenvalue weighted by molar-refractivity contribution is 7.93. The Bertz CT molecular complexity index is 370. The fraction of sp³-hybridized carbons (Fsp3) is 1.00. The molecule has 0 saturated carbocycles. The second-order valence-corrected chi connectivity index (χ2v) is 7.76. The Labute approximate surface area is 94.2 Å². The Morgan fingerprint density at radius 2 is 2.06 bits per heavy atom. The smallest absolute Gasteiger partial charge is 0.323 e. The molecule has 7 nitrogen and oxygen atoms in total. The molecule has 96 valence electrons. The van der Waals surface area contributed by atoms with Crippen LogP contribution in [0.5, 0.6) is 0 Å². The Balaban J connectivity index is 2.75. The first-order valence-electron chi connectivity index (χ1n) is 4.93. The topological polar surface area (TPSA) is 124 Å². The van der Waals surface area contributed by atoms with E-state index in [1.165, 1.54) is 0 Å². The van der Waals surface area contributed by atoms with Crippen molar-refractivity contribution < 1.29 is 27.3 Å². The fourth-order valence-electron chi connectivity index (χ4n) is 1.84. The zero-order valence-electron chi connectivity index (χ0n) is 8.61. The lowest BCUT2D eigenvalue weighted by Crippen LogP contribution is -2.33. The third kappa shape index (κ3) is 4.12. The molecule has 1 aliphatic heterocycles. The van der Waals surface area contributed by atoms with Gasteiger partial charge in [-0.2, -0.15) is 8.42 Å². The van der Waals surface area contributed by atoms with E-state index in [2.05, 4.69) is 5.32 Å². The Hall–Kier alpha value is 0.0200. The number of hydrogen-bond acceptors (Lipinski definition) is 4. The zero-order chi connectivity index (χ0) is 12.4. The summed E-state index contributed by atoms with van der Waals surface area (Å²) in [6.07, 6.45) is 1.33. The van der Waals surface area contributed by atoms with Gasteiger partial charge >= 0.3 is 7.60 Å². The molecule has 9 heteroatoms. The summed E-state index contributed by atoms with van der Waals surface area (Å²) in [5, 5.41) is 3.01. The van der Waals surface area contributed by atoms with E-state index < -0.39 is 22.7 Å². The van der Waals surface area contributed by atoms with Crippen LogP contribution in [0, 0.1) is 5.92 Å². The van der Waals surface area contributed by atoms with Crippen molar-refractivity contribution in [2.75, 3.05) is 13.1 Å². The van der Waals surface area contributed by atoms with Gasteiger partial charge in [-0.05, 0) is 38.3 Å². The van der Waals surface area contributed by atoms with Crippen LogP contribution in [-0.4, -0.2) is 40.8 Å². The maximum Gasteiger partial charge on any atom is 0.346 e. The van der Waals surface area contributed by atoms with Crippen LogP contribution >= 0.6 is 7.60 Å². The Kier molecular flexibility index (Phi) is 4.50. The highest BCUT2D eigenvalue weighted by Crippen LogP contribution is 2.47. The van der Waals surface area contributed by atoms with Crippen LogP contribution in [0.2, 0.25) is 0 Å². The third-order valence-corrected chi connectivity index (χ3v) is 6.12. The van der Waals surface area contributed by atoms with Gasteiger partial charge in [0, 0.05) is 0 Å². The molecule has 1 rings (SSSR count). The van der Waals surface area contributed by atoms with E-state index in [-0.39, 0.29) is 12.3 Å². The summed E-state index contributed by atoms with van der Waals surface area (Å²) in [5.74, 6) is -0.131. The van der Waals surface area contributed by atoms with Crippen molar-refractivity contribution in [3.8, 4) is 0 Å². The molecule has 0 aromatic rings. The average Bonchev–Trinajstić information content (AvgIpc) is 2.12. The van der Waals surface area contributed by atoms with Crippen molar-refractivity contribution >= 4 is 17.7 Å². The lowest BCUT2D eigenvalue weighted by Gasteiger charge is -2.26. The first-order chi connectivity index (χ1) is 7.21. The summed E-state index contributed by atoms with van der Waals surface area (Å²) in [4.78, 5) is 15.8. The second-order valence-electron chi connectivity index (χ2n) is 4.01. The molecule has 4 N–H and O–H groups in total. The predicted molar refractivity (Wildman–Crippen MR) is 57.6 cm³/mol. The quantitative estimate of drug-likeness (QED) is 0.412. The maximum atomic E-state index is 11.0. The first kappa shape index (κ1) is 14.1. The molecule has 0 aromatic heterocycles. The van der Waals surface area contributed by atoms with Crippen LogP contribution < -0.4 is 5.32 Å². The van der Waals surface area contributed by atoms with Gasteiger partial charge in [-0.3, -0.25) is 9.12 Å². The van der Waals surface area contributed by atoms with Crippen molar-refractivity contribution in [2.45, 2.75) is 24.3 Å². The molecular weight excluding hydrogens is 257 g/mol. The van der Waals surface area contributed by atoms with E-state index in [9.17, 15) is 13.0 Å². The number of nitrogens with one attached hydrogen (secondary N) is 1. The first-order valence-corrected chi connectivity index (χ1v) is 8.12. The van der Waals surface area contributed by atoms with Gasteiger partial charge in [0.25, 0.3) is 10.1 Å². The van der Waals surface area contributed by atoms with Gasteiger partial charge in [-0.15, -0.1) is 0 Å². The lowest BCUT2D eigenvalue weighted by atomic mass is 9.97. The van der Waals surface area contributed by atoms with Crippen LogP contribution in [0.15, 0.2) is 0 Å².